The third-order valence-electron chi connectivity index (χ3n) is 4.87. The molecule has 0 unspecified atom stereocenters. The molecule has 0 aliphatic carbocycles. The third kappa shape index (κ3) is 3.25. The van der Waals surface area contributed by atoms with Gasteiger partial charge in [0.15, 0.2) is 0 Å². The van der Waals surface area contributed by atoms with Gasteiger partial charge in [-0.25, -0.2) is 4.68 Å². The summed E-state index contributed by atoms with van der Waals surface area (Å²) in [6.07, 6.45) is 1.39. The second kappa shape index (κ2) is 7.10. The van der Waals surface area contributed by atoms with Gasteiger partial charge in [-0.05, 0) is 55.3 Å². The molecule has 0 spiro atoms. The number of carbonyl (C=O) groups is 1. The highest BCUT2D eigenvalue weighted by molar-refractivity contribution is 6.30. The topological polar surface area (TPSA) is 100 Å². The number of aromatic amines is 1. The maximum absolute atomic E-state index is 12.7. The predicted molar refractivity (Wildman–Crippen MR) is 112 cm³/mol. The van der Waals surface area contributed by atoms with Gasteiger partial charge in [0.1, 0.15) is 17.0 Å². The summed E-state index contributed by atoms with van der Waals surface area (Å²) >= 11 is 5.91. The number of aryl methyl sites for hydroxylation is 1. The molecule has 29 heavy (non-hydrogen) atoms. The van der Waals surface area contributed by atoms with E-state index in [2.05, 4.69) is 15.4 Å². The number of hydrogen-bond donors (Lipinski definition) is 3. The first-order chi connectivity index (χ1) is 13.9. The van der Waals surface area contributed by atoms with Crippen LogP contribution in [-0.2, 0) is 0 Å². The first kappa shape index (κ1) is 18.8. The van der Waals surface area contributed by atoms with Crippen molar-refractivity contribution in [3.05, 3.63) is 80.7 Å². The van der Waals surface area contributed by atoms with Gasteiger partial charge in [-0.3, -0.25) is 9.59 Å². The lowest BCUT2D eigenvalue weighted by atomic mass is 10.1. The summed E-state index contributed by atoms with van der Waals surface area (Å²) in [5, 5.41) is 18.4. The zero-order valence-corrected chi connectivity index (χ0v) is 16.4. The lowest BCUT2D eigenvalue weighted by molar-refractivity contribution is 0.102. The van der Waals surface area contributed by atoms with Crippen LogP contribution < -0.4 is 10.9 Å². The van der Waals surface area contributed by atoms with Gasteiger partial charge in [0, 0.05) is 10.7 Å². The monoisotopic (exact) mass is 408 g/mol. The van der Waals surface area contributed by atoms with E-state index in [1.165, 1.54) is 10.9 Å². The maximum atomic E-state index is 12.7. The molecule has 146 valence electrons. The van der Waals surface area contributed by atoms with Crippen LogP contribution in [0.15, 0.2) is 53.5 Å². The largest absolute Gasteiger partial charge is 0.506 e. The average Bonchev–Trinajstić information content (AvgIpc) is 3.10. The van der Waals surface area contributed by atoms with Crippen LogP contribution in [0.4, 0.5) is 5.69 Å². The minimum absolute atomic E-state index is 0.255. The number of hydrogen-bond acceptors (Lipinski definition) is 4. The first-order valence-corrected chi connectivity index (χ1v) is 9.21. The van der Waals surface area contributed by atoms with Gasteiger partial charge in [-0.1, -0.05) is 23.7 Å². The average molecular weight is 409 g/mol. The molecule has 2 aromatic carbocycles. The van der Waals surface area contributed by atoms with Crippen molar-refractivity contribution in [3.63, 3.8) is 0 Å². The molecule has 7 nitrogen and oxygen atoms in total. The van der Waals surface area contributed by atoms with Crippen molar-refractivity contribution in [1.29, 1.82) is 0 Å². The van der Waals surface area contributed by atoms with E-state index in [1.54, 1.807) is 36.4 Å². The fraction of sp³-hybridized carbons (Fsp3) is 0.0952. The molecule has 0 fully saturated rings. The summed E-state index contributed by atoms with van der Waals surface area (Å²) in [6.45, 7) is 3.79. The quantitative estimate of drug-likeness (QED) is 0.478. The summed E-state index contributed by atoms with van der Waals surface area (Å²) in [5.41, 5.74) is 2.30. The van der Waals surface area contributed by atoms with Crippen LogP contribution in [0, 0.1) is 13.8 Å². The number of nitrogens with zero attached hydrogens (tertiary/aromatic N) is 2. The fourth-order valence-electron chi connectivity index (χ4n) is 3.11. The molecular formula is C21H17ClN4O3. The second-order valence-corrected chi connectivity index (χ2v) is 7.11. The van der Waals surface area contributed by atoms with Gasteiger partial charge in [-0.2, -0.15) is 5.10 Å². The lowest BCUT2D eigenvalue weighted by Gasteiger charge is -2.11. The molecule has 0 atom stereocenters. The van der Waals surface area contributed by atoms with Gasteiger partial charge in [0.2, 0.25) is 0 Å². The van der Waals surface area contributed by atoms with E-state index in [1.807, 2.05) is 19.9 Å². The number of rotatable bonds is 3. The van der Waals surface area contributed by atoms with Crippen LogP contribution in [0.5, 0.6) is 5.75 Å². The molecule has 2 aromatic heterocycles. The van der Waals surface area contributed by atoms with Crippen molar-refractivity contribution in [2.45, 2.75) is 13.8 Å². The van der Waals surface area contributed by atoms with Crippen LogP contribution in [0.25, 0.3) is 16.7 Å². The number of aromatic nitrogens is 3. The molecular weight excluding hydrogens is 392 g/mol. The van der Waals surface area contributed by atoms with Crippen molar-refractivity contribution in [2.75, 3.05) is 5.32 Å². The van der Waals surface area contributed by atoms with E-state index in [9.17, 15) is 14.7 Å². The van der Waals surface area contributed by atoms with Crippen LogP contribution in [0.1, 0.15) is 21.5 Å². The van der Waals surface area contributed by atoms with Crippen LogP contribution >= 0.6 is 11.6 Å². The van der Waals surface area contributed by atoms with Crippen molar-refractivity contribution < 1.29 is 9.90 Å². The smallest absolute Gasteiger partial charge is 0.266 e. The molecule has 0 saturated carbocycles. The highest BCUT2D eigenvalue weighted by Crippen LogP contribution is 2.28. The lowest BCUT2D eigenvalue weighted by Crippen LogP contribution is -2.24. The molecule has 3 N–H and O–H groups in total. The Hall–Kier alpha value is -3.58. The van der Waals surface area contributed by atoms with Gasteiger partial charge in [0.05, 0.1) is 17.3 Å². The molecule has 8 heteroatoms. The Bertz CT molecular complexity index is 1310. The third-order valence-corrected chi connectivity index (χ3v) is 5.12. The van der Waals surface area contributed by atoms with Crippen LogP contribution in [0.2, 0.25) is 5.02 Å². The van der Waals surface area contributed by atoms with E-state index in [4.69, 9.17) is 11.6 Å². The van der Waals surface area contributed by atoms with Crippen molar-refractivity contribution in [2.24, 2.45) is 0 Å². The van der Waals surface area contributed by atoms with Gasteiger partial charge >= 0.3 is 0 Å². The molecule has 0 saturated heterocycles. The summed E-state index contributed by atoms with van der Waals surface area (Å²) in [6, 6.07) is 12.3. The summed E-state index contributed by atoms with van der Waals surface area (Å²) in [7, 11) is 0. The zero-order valence-electron chi connectivity index (χ0n) is 15.7. The number of benzene rings is 2. The summed E-state index contributed by atoms with van der Waals surface area (Å²) in [5.74, 6) is -1.12. The number of H-pyrrole nitrogens is 1. The molecule has 4 aromatic rings. The van der Waals surface area contributed by atoms with E-state index in [0.717, 1.165) is 11.1 Å². The Balaban J connectivity index is 1.78. The molecule has 1 amide bonds. The van der Waals surface area contributed by atoms with Crippen molar-refractivity contribution >= 4 is 34.2 Å². The number of aromatic hydroxyl groups is 1. The first-order valence-electron chi connectivity index (χ1n) is 8.83. The zero-order chi connectivity index (χ0) is 20.7. The van der Waals surface area contributed by atoms with Crippen LogP contribution in [-0.4, -0.2) is 25.8 Å². The number of fused-ring (bicyclic) bond motifs is 1. The number of amides is 1. The fourth-order valence-corrected chi connectivity index (χ4v) is 3.24. The summed E-state index contributed by atoms with van der Waals surface area (Å²) < 4.78 is 1.46. The summed E-state index contributed by atoms with van der Waals surface area (Å²) in [4.78, 5) is 28.0. The van der Waals surface area contributed by atoms with Crippen molar-refractivity contribution in [3.8, 4) is 11.4 Å². The Kier molecular flexibility index (Phi) is 4.60. The van der Waals surface area contributed by atoms with E-state index in [-0.39, 0.29) is 16.6 Å². The number of carbonyl (C=O) groups excluding carboxylic acids is 1. The normalized spacial score (nSPS) is 11.0. The maximum Gasteiger partial charge on any atom is 0.266 e. The van der Waals surface area contributed by atoms with Gasteiger partial charge in [-0.15, -0.1) is 0 Å². The van der Waals surface area contributed by atoms with E-state index < -0.39 is 17.2 Å². The molecule has 0 aliphatic heterocycles. The minimum Gasteiger partial charge on any atom is -0.506 e. The molecule has 4 rings (SSSR count). The number of anilines is 1. The van der Waals surface area contributed by atoms with Crippen molar-refractivity contribution in [1.82, 2.24) is 14.8 Å². The Morgan fingerprint density at radius 1 is 1.17 bits per heavy atom. The second-order valence-electron chi connectivity index (χ2n) is 6.67. The van der Waals surface area contributed by atoms with E-state index in [0.29, 0.717) is 16.4 Å². The standard InChI is InChI=1S/C21H17ClN4O3/c1-11-4-3-5-16(12(11)2)24-20(28)17-18(27)15-10-23-26(19(15)25-21(17)29)14-8-6-13(22)7-9-14/h3-10H,1-2H3,(H,24,28)(H2,25,27,29). The molecule has 2 heterocycles. The Labute approximate surface area is 170 Å². The SMILES string of the molecule is Cc1cccc(NC(=O)c2c(O)c3cnn(-c4ccc(Cl)cc4)c3[nH]c2=O)c1C. The Morgan fingerprint density at radius 3 is 2.62 bits per heavy atom. The number of pyridine rings is 1. The number of halogens is 1. The van der Waals surface area contributed by atoms with Gasteiger partial charge in [0.25, 0.3) is 11.5 Å². The highest BCUT2D eigenvalue weighted by Gasteiger charge is 2.22. The molecule has 0 bridgehead atoms. The predicted octanol–water partition coefficient (Wildman–Crippen LogP) is 3.94. The minimum atomic E-state index is -0.714. The van der Waals surface area contributed by atoms with E-state index >= 15 is 0 Å². The highest BCUT2D eigenvalue weighted by atomic mass is 35.5. The molecule has 0 aliphatic rings. The molecule has 0 radical (unpaired) electrons. The van der Waals surface area contributed by atoms with Crippen LogP contribution in [0.3, 0.4) is 0 Å². The number of nitrogens with one attached hydrogen (secondary N) is 2. The Morgan fingerprint density at radius 2 is 1.90 bits per heavy atom. The van der Waals surface area contributed by atoms with Gasteiger partial charge < -0.3 is 15.4 Å².